The summed E-state index contributed by atoms with van der Waals surface area (Å²) in [5.41, 5.74) is 0. The van der Waals surface area contributed by atoms with E-state index in [0.29, 0.717) is 0 Å². The zero-order chi connectivity index (χ0) is 8.53. The van der Waals surface area contributed by atoms with Crippen LogP contribution in [-0.4, -0.2) is 0 Å². The molecular weight excluding hydrogens is 132 g/mol. The monoisotopic (exact) mass is 151 g/mol. The summed E-state index contributed by atoms with van der Waals surface area (Å²) in [5.74, 6) is 0.718. The standard InChI is InChI=1S/C11H19/c1-4-6-8-10-11(3)9-7-5-2/h1,4,7,9,11H,5-6,8,10H2,2-3H3. The van der Waals surface area contributed by atoms with Gasteiger partial charge in [-0.25, -0.2) is 0 Å². The summed E-state index contributed by atoms with van der Waals surface area (Å²) in [6.45, 7) is 9.69. The highest BCUT2D eigenvalue weighted by Crippen LogP contribution is 2.09. The van der Waals surface area contributed by atoms with E-state index in [-0.39, 0.29) is 0 Å². The minimum absolute atomic E-state index is 0.718. The Hall–Kier alpha value is -0.520. The summed E-state index contributed by atoms with van der Waals surface area (Å²) in [4.78, 5) is 0. The summed E-state index contributed by atoms with van der Waals surface area (Å²) < 4.78 is 0. The summed E-state index contributed by atoms with van der Waals surface area (Å²) in [6.07, 6.45) is 10.9. The van der Waals surface area contributed by atoms with E-state index in [1.165, 1.54) is 12.8 Å². The lowest BCUT2D eigenvalue weighted by Gasteiger charge is -2.02. The fourth-order valence-electron chi connectivity index (χ4n) is 1.02. The van der Waals surface area contributed by atoms with Gasteiger partial charge in [-0.1, -0.05) is 38.7 Å². The van der Waals surface area contributed by atoms with Crippen LogP contribution in [0.15, 0.2) is 18.2 Å². The number of rotatable bonds is 6. The quantitative estimate of drug-likeness (QED) is 0.400. The van der Waals surface area contributed by atoms with Crippen LogP contribution < -0.4 is 0 Å². The molecule has 0 saturated heterocycles. The number of hydrogen-bond donors (Lipinski definition) is 0. The maximum atomic E-state index is 5.27. The fourth-order valence-corrected chi connectivity index (χ4v) is 1.02. The van der Waals surface area contributed by atoms with Crippen molar-refractivity contribution in [3.63, 3.8) is 0 Å². The van der Waals surface area contributed by atoms with Gasteiger partial charge in [0, 0.05) is 0 Å². The van der Waals surface area contributed by atoms with Crippen molar-refractivity contribution in [2.45, 2.75) is 39.5 Å². The van der Waals surface area contributed by atoms with Crippen molar-refractivity contribution in [2.24, 2.45) is 5.92 Å². The van der Waals surface area contributed by atoms with E-state index in [0.717, 1.165) is 18.8 Å². The van der Waals surface area contributed by atoms with E-state index >= 15 is 0 Å². The van der Waals surface area contributed by atoms with E-state index in [9.17, 15) is 0 Å². The molecule has 0 heteroatoms. The van der Waals surface area contributed by atoms with Crippen molar-refractivity contribution in [3.8, 4) is 0 Å². The Morgan fingerprint density at radius 1 is 1.45 bits per heavy atom. The number of hydrogen-bond acceptors (Lipinski definition) is 0. The van der Waals surface area contributed by atoms with Crippen molar-refractivity contribution >= 4 is 0 Å². The molecule has 63 valence electrons. The largest absolute Gasteiger partial charge is 0.0885 e. The van der Waals surface area contributed by atoms with Crippen LogP contribution in [0.1, 0.15) is 39.5 Å². The number of allylic oxidation sites excluding steroid dienone is 3. The summed E-state index contributed by atoms with van der Waals surface area (Å²) in [5, 5.41) is 0. The molecule has 0 nitrogen and oxygen atoms in total. The van der Waals surface area contributed by atoms with Crippen LogP contribution in [0, 0.1) is 12.5 Å². The van der Waals surface area contributed by atoms with Gasteiger partial charge in [0.2, 0.25) is 0 Å². The first-order chi connectivity index (χ1) is 5.31. The lowest BCUT2D eigenvalue weighted by atomic mass is 10.0. The Labute approximate surface area is 71.0 Å². The molecule has 0 aromatic heterocycles. The van der Waals surface area contributed by atoms with Crippen molar-refractivity contribution < 1.29 is 0 Å². The summed E-state index contributed by atoms with van der Waals surface area (Å²) in [6, 6.07) is 0. The zero-order valence-corrected chi connectivity index (χ0v) is 7.72. The molecule has 0 N–H and O–H groups in total. The highest BCUT2D eigenvalue weighted by Gasteiger charge is 1.93. The molecule has 0 aromatic carbocycles. The minimum atomic E-state index is 0.718. The van der Waals surface area contributed by atoms with E-state index < -0.39 is 0 Å². The molecule has 0 rings (SSSR count). The van der Waals surface area contributed by atoms with Gasteiger partial charge in [0.15, 0.2) is 0 Å². The molecule has 0 saturated carbocycles. The van der Waals surface area contributed by atoms with Crippen LogP contribution >= 0.6 is 0 Å². The smallest absolute Gasteiger partial charge is 0.0262 e. The third-order valence-corrected chi connectivity index (χ3v) is 1.73. The maximum absolute atomic E-state index is 5.27. The molecule has 0 spiro atoms. The molecule has 0 heterocycles. The fraction of sp³-hybridized carbons (Fsp3) is 0.636. The molecule has 0 aliphatic carbocycles. The third kappa shape index (κ3) is 7.38. The Bertz CT molecular complexity index is 111. The second kappa shape index (κ2) is 7.59. The Balaban J connectivity index is 3.28. The molecule has 0 aliphatic heterocycles. The van der Waals surface area contributed by atoms with Crippen LogP contribution in [0.4, 0.5) is 0 Å². The van der Waals surface area contributed by atoms with Crippen LogP contribution in [0.5, 0.6) is 0 Å². The van der Waals surface area contributed by atoms with Gasteiger partial charge < -0.3 is 0 Å². The lowest BCUT2D eigenvalue weighted by molar-refractivity contribution is 0.611. The average Bonchev–Trinajstić information content (AvgIpc) is 2.01. The van der Waals surface area contributed by atoms with Crippen LogP contribution in [0.3, 0.4) is 0 Å². The molecule has 0 bridgehead atoms. The molecule has 1 unspecified atom stereocenters. The highest BCUT2D eigenvalue weighted by atomic mass is 14.0. The normalized spacial score (nSPS) is 13.6. The molecule has 11 heavy (non-hydrogen) atoms. The maximum Gasteiger partial charge on any atom is -0.0262 e. The van der Waals surface area contributed by atoms with Gasteiger partial charge in [-0.15, -0.1) is 0 Å². The lowest BCUT2D eigenvalue weighted by Crippen LogP contribution is -1.88. The third-order valence-electron chi connectivity index (χ3n) is 1.73. The zero-order valence-electron chi connectivity index (χ0n) is 7.72. The molecule has 0 amide bonds. The first-order valence-electron chi connectivity index (χ1n) is 4.51. The Morgan fingerprint density at radius 2 is 2.18 bits per heavy atom. The summed E-state index contributed by atoms with van der Waals surface area (Å²) in [7, 11) is 0. The first-order valence-corrected chi connectivity index (χ1v) is 4.51. The van der Waals surface area contributed by atoms with Gasteiger partial charge in [0.05, 0.1) is 0 Å². The highest BCUT2D eigenvalue weighted by molar-refractivity contribution is 4.85. The molecule has 1 radical (unpaired) electrons. The van der Waals surface area contributed by atoms with Gasteiger partial charge in [0.1, 0.15) is 0 Å². The molecular formula is C11H19. The van der Waals surface area contributed by atoms with Crippen LogP contribution in [0.2, 0.25) is 0 Å². The van der Waals surface area contributed by atoms with E-state index in [1.54, 1.807) is 6.08 Å². The minimum Gasteiger partial charge on any atom is -0.0885 e. The number of unbranched alkanes of at least 4 members (excludes halogenated alkanes) is 1. The molecule has 0 aliphatic rings. The Kier molecular flexibility index (Phi) is 7.23. The van der Waals surface area contributed by atoms with Crippen molar-refractivity contribution in [1.82, 2.24) is 0 Å². The second-order valence-corrected chi connectivity index (χ2v) is 2.98. The average molecular weight is 151 g/mol. The summed E-state index contributed by atoms with van der Waals surface area (Å²) >= 11 is 0. The Morgan fingerprint density at radius 3 is 2.73 bits per heavy atom. The van der Waals surface area contributed by atoms with Gasteiger partial charge in [-0.2, -0.15) is 0 Å². The first kappa shape index (κ1) is 10.5. The van der Waals surface area contributed by atoms with Gasteiger partial charge in [-0.3, -0.25) is 0 Å². The molecule has 0 fully saturated rings. The van der Waals surface area contributed by atoms with Gasteiger partial charge >= 0.3 is 0 Å². The van der Waals surface area contributed by atoms with E-state index in [2.05, 4.69) is 26.0 Å². The van der Waals surface area contributed by atoms with Crippen LogP contribution in [-0.2, 0) is 0 Å². The van der Waals surface area contributed by atoms with E-state index in [4.69, 9.17) is 6.58 Å². The van der Waals surface area contributed by atoms with Crippen molar-refractivity contribution in [3.05, 3.63) is 24.8 Å². The second-order valence-electron chi connectivity index (χ2n) is 2.98. The molecule has 0 aromatic rings. The molecule has 1 atom stereocenters. The predicted octanol–water partition coefficient (Wildman–Crippen LogP) is 3.75. The SMILES string of the molecule is [CH]=CCCCC(C)C=CCC. The topological polar surface area (TPSA) is 0 Å². The van der Waals surface area contributed by atoms with E-state index in [1.807, 2.05) is 0 Å². The van der Waals surface area contributed by atoms with Gasteiger partial charge in [0.25, 0.3) is 0 Å². The van der Waals surface area contributed by atoms with Gasteiger partial charge in [-0.05, 0) is 31.6 Å². The van der Waals surface area contributed by atoms with Crippen molar-refractivity contribution in [1.29, 1.82) is 0 Å². The van der Waals surface area contributed by atoms with Crippen molar-refractivity contribution in [2.75, 3.05) is 0 Å². The van der Waals surface area contributed by atoms with Crippen LogP contribution in [0.25, 0.3) is 0 Å². The predicted molar refractivity (Wildman–Crippen MR) is 51.3 cm³/mol.